The second-order valence-electron chi connectivity index (χ2n) is 5.44. The monoisotopic (exact) mass is 408 g/mol. The number of nitrogens with one attached hydrogen (secondary N) is 1. The highest BCUT2D eigenvalue weighted by Crippen LogP contribution is 2.36. The molecule has 2 heterocycles. The maximum Gasteiger partial charge on any atom is 0.416 e. The molecule has 0 radical (unpaired) electrons. The summed E-state index contributed by atoms with van der Waals surface area (Å²) in [4.78, 5) is 4.48. The molecule has 4 aromatic rings. The highest BCUT2D eigenvalue weighted by molar-refractivity contribution is 7.23. The summed E-state index contributed by atoms with van der Waals surface area (Å²) in [5, 5.41) is 12.5. The van der Waals surface area contributed by atoms with Crippen molar-refractivity contribution in [1.29, 1.82) is 0 Å². The van der Waals surface area contributed by atoms with Crippen molar-refractivity contribution in [2.45, 2.75) is 6.18 Å². The zero-order chi connectivity index (χ0) is 19.0. The number of methoxy groups -OCH3 is 1. The number of thiazole rings is 1. The van der Waals surface area contributed by atoms with Gasteiger partial charge in [-0.15, -0.1) is 10.2 Å². The molecule has 0 aliphatic heterocycles. The van der Waals surface area contributed by atoms with E-state index >= 15 is 0 Å². The molecule has 1 N–H and O–H groups in total. The zero-order valence-electron chi connectivity index (χ0n) is 13.7. The van der Waals surface area contributed by atoms with Crippen molar-refractivity contribution >= 4 is 43.2 Å². The van der Waals surface area contributed by atoms with Crippen LogP contribution >= 0.6 is 22.7 Å². The number of para-hydroxylation sites is 1. The second-order valence-corrected chi connectivity index (χ2v) is 7.45. The van der Waals surface area contributed by atoms with Crippen LogP contribution in [0.1, 0.15) is 5.56 Å². The van der Waals surface area contributed by atoms with E-state index in [1.807, 2.05) is 18.2 Å². The average molecular weight is 408 g/mol. The van der Waals surface area contributed by atoms with Gasteiger partial charge in [-0.25, -0.2) is 4.98 Å². The summed E-state index contributed by atoms with van der Waals surface area (Å²) < 4.78 is 44.9. The molecule has 0 amide bonds. The molecule has 27 heavy (non-hydrogen) atoms. The van der Waals surface area contributed by atoms with Gasteiger partial charge in [0, 0.05) is 5.56 Å². The third-order valence-corrected chi connectivity index (χ3v) is 5.50. The van der Waals surface area contributed by atoms with Gasteiger partial charge in [0.05, 0.1) is 17.4 Å². The number of nitrogens with zero attached hydrogens (tertiary/aromatic N) is 3. The van der Waals surface area contributed by atoms with E-state index in [2.05, 4.69) is 20.5 Å². The van der Waals surface area contributed by atoms with Crippen molar-refractivity contribution in [1.82, 2.24) is 15.2 Å². The van der Waals surface area contributed by atoms with E-state index < -0.39 is 11.7 Å². The molecule has 10 heteroatoms. The number of hydrogen-bond acceptors (Lipinski definition) is 7. The Kier molecular flexibility index (Phi) is 4.44. The highest BCUT2D eigenvalue weighted by Gasteiger charge is 2.30. The molecule has 0 saturated carbocycles. The Morgan fingerprint density at radius 2 is 1.81 bits per heavy atom. The zero-order valence-corrected chi connectivity index (χ0v) is 15.4. The first-order valence-electron chi connectivity index (χ1n) is 7.66. The molecule has 4 rings (SSSR count). The van der Waals surface area contributed by atoms with Gasteiger partial charge in [0.2, 0.25) is 5.13 Å². The van der Waals surface area contributed by atoms with E-state index in [4.69, 9.17) is 4.74 Å². The molecular formula is C17H11F3N4OS2. The van der Waals surface area contributed by atoms with Gasteiger partial charge in [-0.1, -0.05) is 40.9 Å². The molecule has 0 saturated heterocycles. The van der Waals surface area contributed by atoms with Crippen LogP contribution in [0.15, 0.2) is 42.5 Å². The smallest absolute Gasteiger partial charge is 0.416 e. The highest BCUT2D eigenvalue weighted by atomic mass is 32.1. The van der Waals surface area contributed by atoms with Crippen molar-refractivity contribution < 1.29 is 17.9 Å². The van der Waals surface area contributed by atoms with Crippen LogP contribution in [0.3, 0.4) is 0 Å². The van der Waals surface area contributed by atoms with Gasteiger partial charge in [-0.3, -0.25) is 0 Å². The Hall–Kier alpha value is -2.72. The van der Waals surface area contributed by atoms with E-state index in [1.54, 1.807) is 13.2 Å². The molecule has 2 aromatic heterocycles. The van der Waals surface area contributed by atoms with Crippen LogP contribution in [0, 0.1) is 0 Å². The number of anilines is 2. The SMILES string of the molecule is COc1cccc2sc(Nc3nnc(-c4cccc(C(F)(F)F)c4)s3)nc12. The minimum Gasteiger partial charge on any atom is -0.494 e. The topological polar surface area (TPSA) is 59.9 Å². The molecule has 0 spiro atoms. The van der Waals surface area contributed by atoms with Crippen molar-refractivity contribution in [2.75, 3.05) is 12.4 Å². The molecule has 0 atom stereocenters. The van der Waals surface area contributed by atoms with Gasteiger partial charge in [-0.05, 0) is 24.3 Å². The summed E-state index contributed by atoms with van der Waals surface area (Å²) >= 11 is 2.58. The maximum absolute atomic E-state index is 12.9. The van der Waals surface area contributed by atoms with Gasteiger partial charge in [-0.2, -0.15) is 13.2 Å². The van der Waals surface area contributed by atoms with Crippen molar-refractivity contribution in [3.63, 3.8) is 0 Å². The van der Waals surface area contributed by atoms with E-state index in [9.17, 15) is 13.2 Å². The summed E-state index contributed by atoms with van der Waals surface area (Å²) in [6, 6.07) is 10.6. The normalized spacial score (nSPS) is 11.7. The average Bonchev–Trinajstić information content (AvgIpc) is 3.27. The summed E-state index contributed by atoms with van der Waals surface area (Å²) in [7, 11) is 1.58. The lowest BCUT2D eigenvalue weighted by Crippen LogP contribution is -2.04. The lowest BCUT2D eigenvalue weighted by molar-refractivity contribution is -0.137. The number of hydrogen-bond donors (Lipinski definition) is 1. The Morgan fingerprint density at radius 3 is 2.59 bits per heavy atom. The number of benzene rings is 2. The number of halogens is 3. The fourth-order valence-electron chi connectivity index (χ4n) is 2.45. The van der Waals surface area contributed by atoms with E-state index in [0.29, 0.717) is 26.6 Å². The second kappa shape index (κ2) is 6.78. The molecule has 0 bridgehead atoms. The molecule has 5 nitrogen and oxygen atoms in total. The Labute approximate surface area is 159 Å². The van der Waals surface area contributed by atoms with Crippen molar-refractivity contribution in [2.24, 2.45) is 0 Å². The summed E-state index contributed by atoms with van der Waals surface area (Å²) in [6.45, 7) is 0. The maximum atomic E-state index is 12.9. The predicted molar refractivity (Wildman–Crippen MR) is 99.8 cm³/mol. The predicted octanol–water partition coefficient (Wildman–Crippen LogP) is 5.59. The first-order valence-corrected chi connectivity index (χ1v) is 9.29. The first kappa shape index (κ1) is 17.7. The van der Waals surface area contributed by atoms with Crippen LogP contribution in [0.25, 0.3) is 20.8 Å². The Balaban J connectivity index is 1.60. The Morgan fingerprint density at radius 1 is 1.00 bits per heavy atom. The van der Waals surface area contributed by atoms with Crippen molar-refractivity contribution in [3.8, 4) is 16.3 Å². The van der Waals surface area contributed by atoms with Crippen LogP contribution in [-0.2, 0) is 6.18 Å². The number of aromatic nitrogens is 3. The number of alkyl halides is 3. The van der Waals surface area contributed by atoms with Crippen LogP contribution < -0.4 is 10.1 Å². The molecule has 2 aromatic carbocycles. The molecule has 0 aliphatic rings. The van der Waals surface area contributed by atoms with Gasteiger partial charge >= 0.3 is 6.18 Å². The fraction of sp³-hybridized carbons (Fsp3) is 0.118. The third kappa shape index (κ3) is 3.58. The third-order valence-electron chi connectivity index (χ3n) is 3.68. The Bertz CT molecular complexity index is 1110. The molecule has 0 fully saturated rings. The first-order chi connectivity index (χ1) is 12.9. The van der Waals surface area contributed by atoms with Gasteiger partial charge in [0.25, 0.3) is 0 Å². The number of fused-ring (bicyclic) bond motifs is 1. The van der Waals surface area contributed by atoms with Gasteiger partial charge < -0.3 is 10.1 Å². The fourth-order valence-corrected chi connectivity index (χ4v) is 4.14. The van der Waals surface area contributed by atoms with Crippen LogP contribution in [-0.4, -0.2) is 22.3 Å². The molecule has 0 unspecified atom stereocenters. The minimum atomic E-state index is -4.40. The van der Waals surface area contributed by atoms with E-state index in [0.717, 1.165) is 33.7 Å². The largest absolute Gasteiger partial charge is 0.494 e. The van der Waals surface area contributed by atoms with Crippen LogP contribution in [0.4, 0.5) is 23.4 Å². The summed E-state index contributed by atoms with van der Waals surface area (Å²) in [5.74, 6) is 0.665. The lowest BCUT2D eigenvalue weighted by Gasteiger charge is -2.06. The quantitative estimate of drug-likeness (QED) is 0.477. The molecule has 0 aliphatic carbocycles. The van der Waals surface area contributed by atoms with Crippen LogP contribution in [0.2, 0.25) is 0 Å². The molecule has 138 valence electrons. The van der Waals surface area contributed by atoms with E-state index in [1.165, 1.54) is 17.4 Å². The van der Waals surface area contributed by atoms with Crippen LogP contribution in [0.5, 0.6) is 5.75 Å². The standard InChI is InChI=1S/C17H11F3N4OS2/c1-25-11-6-3-7-12-13(11)21-15(26-12)22-16-24-23-14(27-16)9-4-2-5-10(8-9)17(18,19)20/h2-8H,1H3,(H,21,22,24). The molecular weight excluding hydrogens is 397 g/mol. The number of rotatable bonds is 4. The van der Waals surface area contributed by atoms with Gasteiger partial charge in [0.15, 0.2) is 5.13 Å². The van der Waals surface area contributed by atoms with Gasteiger partial charge in [0.1, 0.15) is 16.3 Å². The van der Waals surface area contributed by atoms with Crippen molar-refractivity contribution in [3.05, 3.63) is 48.0 Å². The minimum absolute atomic E-state index is 0.362. The number of ether oxygens (including phenoxy) is 1. The van der Waals surface area contributed by atoms with E-state index in [-0.39, 0.29) is 0 Å². The summed E-state index contributed by atoms with van der Waals surface area (Å²) in [6.07, 6.45) is -4.40. The summed E-state index contributed by atoms with van der Waals surface area (Å²) in [5.41, 5.74) is 0.374. The lowest BCUT2D eigenvalue weighted by atomic mass is 10.1.